The summed E-state index contributed by atoms with van der Waals surface area (Å²) < 4.78 is 0. The number of carboxylic acids is 1. The van der Waals surface area contributed by atoms with E-state index in [4.69, 9.17) is 0 Å². The van der Waals surface area contributed by atoms with E-state index in [0.717, 1.165) is 44.7 Å². The highest BCUT2D eigenvalue weighted by atomic mass is 16.4. The van der Waals surface area contributed by atoms with Gasteiger partial charge in [0.25, 0.3) is 0 Å². The molecule has 0 spiro atoms. The van der Waals surface area contributed by atoms with Crippen LogP contribution >= 0.6 is 0 Å². The van der Waals surface area contributed by atoms with Gasteiger partial charge >= 0.3 is 5.97 Å². The molecule has 0 heterocycles. The van der Waals surface area contributed by atoms with Crippen molar-refractivity contribution in [3.05, 3.63) is 0 Å². The molecule has 4 heteroatoms. The highest BCUT2D eigenvalue weighted by molar-refractivity contribution is 5.79. The number of carbonyl (C=O) groups is 1. The molecular formula is C17H34N2O2. The second-order valence-electron chi connectivity index (χ2n) is 7.44. The average Bonchev–Trinajstić information content (AvgIpc) is 2.77. The van der Waals surface area contributed by atoms with Crippen LogP contribution in [-0.4, -0.2) is 47.7 Å². The summed E-state index contributed by atoms with van der Waals surface area (Å²) >= 11 is 0. The number of rotatable bonds is 9. The predicted molar refractivity (Wildman–Crippen MR) is 87.5 cm³/mol. The van der Waals surface area contributed by atoms with E-state index in [9.17, 15) is 9.90 Å². The van der Waals surface area contributed by atoms with Crippen molar-refractivity contribution in [1.29, 1.82) is 0 Å². The van der Waals surface area contributed by atoms with Gasteiger partial charge in [-0.2, -0.15) is 0 Å². The van der Waals surface area contributed by atoms with E-state index in [-0.39, 0.29) is 12.0 Å². The quantitative estimate of drug-likeness (QED) is 0.687. The van der Waals surface area contributed by atoms with Crippen LogP contribution in [0.3, 0.4) is 0 Å². The van der Waals surface area contributed by atoms with Gasteiger partial charge < -0.3 is 10.0 Å². The van der Waals surface area contributed by atoms with Crippen molar-refractivity contribution >= 4 is 5.97 Å². The zero-order valence-electron chi connectivity index (χ0n) is 14.5. The third kappa shape index (κ3) is 5.26. The van der Waals surface area contributed by atoms with Crippen molar-refractivity contribution in [1.82, 2.24) is 10.2 Å². The molecular weight excluding hydrogens is 264 g/mol. The molecule has 1 aliphatic carbocycles. The first-order valence-corrected chi connectivity index (χ1v) is 8.47. The molecule has 1 aliphatic rings. The number of hydrogen-bond acceptors (Lipinski definition) is 3. The number of hydrogen-bond donors (Lipinski definition) is 2. The van der Waals surface area contributed by atoms with E-state index < -0.39 is 11.5 Å². The Bertz CT molecular complexity index is 331. The van der Waals surface area contributed by atoms with Gasteiger partial charge in [0.05, 0.1) is 0 Å². The zero-order valence-corrected chi connectivity index (χ0v) is 14.5. The van der Waals surface area contributed by atoms with Crippen molar-refractivity contribution in [2.45, 2.75) is 71.4 Å². The largest absolute Gasteiger partial charge is 0.480 e. The normalized spacial score (nSPS) is 26.2. The lowest BCUT2D eigenvalue weighted by molar-refractivity contribution is -0.147. The second kappa shape index (κ2) is 8.14. The van der Waals surface area contributed by atoms with Gasteiger partial charge in [0.1, 0.15) is 5.54 Å². The number of carboxylic acid groups (broad SMARTS) is 1. The Morgan fingerprint density at radius 1 is 1.33 bits per heavy atom. The van der Waals surface area contributed by atoms with Crippen LogP contribution in [-0.2, 0) is 4.79 Å². The number of nitrogens with one attached hydrogen (secondary N) is 1. The fraction of sp³-hybridized carbons (Fsp3) is 0.941. The van der Waals surface area contributed by atoms with Gasteiger partial charge in [-0.05, 0) is 71.5 Å². The summed E-state index contributed by atoms with van der Waals surface area (Å²) in [6.07, 6.45) is 4.99. The molecule has 1 saturated carbocycles. The Morgan fingerprint density at radius 2 is 2.00 bits per heavy atom. The van der Waals surface area contributed by atoms with Gasteiger partial charge in [0, 0.05) is 6.04 Å². The molecule has 2 atom stereocenters. The van der Waals surface area contributed by atoms with Crippen LogP contribution in [0.4, 0.5) is 0 Å². The molecule has 4 nitrogen and oxygen atoms in total. The van der Waals surface area contributed by atoms with E-state index in [0.29, 0.717) is 0 Å². The second-order valence-corrected chi connectivity index (χ2v) is 7.44. The zero-order chi connectivity index (χ0) is 16.0. The molecule has 0 aromatic heterocycles. The topological polar surface area (TPSA) is 52.6 Å². The predicted octanol–water partition coefficient (Wildman–Crippen LogP) is 2.98. The molecule has 0 aliphatic heterocycles. The summed E-state index contributed by atoms with van der Waals surface area (Å²) in [6.45, 7) is 10.7. The van der Waals surface area contributed by atoms with Crippen LogP contribution in [0.25, 0.3) is 0 Å². The summed E-state index contributed by atoms with van der Waals surface area (Å²) in [6, 6.07) is 0.209. The summed E-state index contributed by atoms with van der Waals surface area (Å²) in [4.78, 5) is 14.2. The van der Waals surface area contributed by atoms with Crippen LogP contribution in [0.5, 0.6) is 0 Å². The van der Waals surface area contributed by atoms with Crippen molar-refractivity contribution in [3.8, 4) is 0 Å². The van der Waals surface area contributed by atoms with Gasteiger partial charge in [-0.15, -0.1) is 0 Å². The van der Waals surface area contributed by atoms with Gasteiger partial charge in [-0.1, -0.05) is 20.3 Å². The first kappa shape index (κ1) is 18.4. The van der Waals surface area contributed by atoms with Crippen LogP contribution in [0.2, 0.25) is 0 Å². The minimum Gasteiger partial charge on any atom is -0.480 e. The highest BCUT2D eigenvalue weighted by Gasteiger charge is 2.48. The molecule has 1 fully saturated rings. The van der Waals surface area contributed by atoms with Crippen LogP contribution < -0.4 is 5.32 Å². The fourth-order valence-corrected chi connectivity index (χ4v) is 3.48. The first-order chi connectivity index (χ1) is 9.78. The third-order valence-electron chi connectivity index (χ3n) is 4.70. The fourth-order valence-electron chi connectivity index (χ4n) is 3.48. The minimum atomic E-state index is -0.701. The van der Waals surface area contributed by atoms with Gasteiger partial charge in [0.2, 0.25) is 0 Å². The number of aliphatic carboxylic acids is 1. The highest BCUT2D eigenvalue weighted by Crippen LogP contribution is 2.38. The SMILES string of the molecule is CC(C)CCN(C)CCC1CCCC1(NC(C)C)C(=O)O. The van der Waals surface area contributed by atoms with Gasteiger partial charge in [0.15, 0.2) is 0 Å². The maximum atomic E-state index is 11.9. The lowest BCUT2D eigenvalue weighted by Gasteiger charge is -2.35. The summed E-state index contributed by atoms with van der Waals surface area (Å²) in [5.74, 6) is 0.307. The molecule has 0 bridgehead atoms. The van der Waals surface area contributed by atoms with E-state index >= 15 is 0 Å². The van der Waals surface area contributed by atoms with Crippen molar-refractivity contribution in [3.63, 3.8) is 0 Å². The van der Waals surface area contributed by atoms with E-state index in [1.165, 1.54) is 6.42 Å². The van der Waals surface area contributed by atoms with Crippen LogP contribution in [0, 0.1) is 11.8 Å². The maximum absolute atomic E-state index is 11.9. The molecule has 0 saturated heterocycles. The minimum absolute atomic E-state index is 0.209. The van der Waals surface area contributed by atoms with Crippen molar-refractivity contribution in [2.75, 3.05) is 20.1 Å². The van der Waals surface area contributed by atoms with E-state index in [2.05, 4.69) is 31.1 Å². The third-order valence-corrected chi connectivity index (χ3v) is 4.70. The van der Waals surface area contributed by atoms with Crippen molar-refractivity contribution < 1.29 is 9.90 Å². The molecule has 1 rings (SSSR count). The van der Waals surface area contributed by atoms with Crippen LogP contribution in [0.15, 0.2) is 0 Å². The molecule has 0 aromatic rings. The molecule has 0 radical (unpaired) electrons. The molecule has 21 heavy (non-hydrogen) atoms. The van der Waals surface area contributed by atoms with Gasteiger partial charge in [-0.25, -0.2) is 0 Å². The Labute approximate surface area is 130 Å². The molecule has 0 aromatic carbocycles. The summed E-state index contributed by atoms with van der Waals surface area (Å²) in [7, 11) is 2.15. The standard InChI is InChI=1S/C17H34N2O2/c1-13(2)8-11-19(5)12-9-15-7-6-10-17(15,16(20)21)18-14(3)4/h13-15,18H,6-12H2,1-5H3,(H,20,21). The number of nitrogens with zero attached hydrogens (tertiary/aromatic N) is 1. The van der Waals surface area contributed by atoms with E-state index in [1.54, 1.807) is 0 Å². The molecule has 2 unspecified atom stereocenters. The Morgan fingerprint density at radius 3 is 2.52 bits per heavy atom. The first-order valence-electron chi connectivity index (χ1n) is 8.47. The summed E-state index contributed by atoms with van der Waals surface area (Å²) in [5.41, 5.74) is -0.701. The van der Waals surface area contributed by atoms with E-state index in [1.807, 2.05) is 13.8 Å². The Hall–Kier alpha value is -0.610. The van der Waals surface area contributed by atoms with Gasteiger partial charge in [-0.3, -0.25) is 10.1 Å². The van der Waals surface area contributed by atoms with Crippen molar-refractivity contribution in [2.24, 2.45) is 11.8 Å². The Balaban J connectivity index is 2.57. The smallest absolute Gasteiger partial charge is 0.324 e. The molecule has 2 N–H and O–H groups in total. The molecule has 124 valence electrons. The molecule has 0 amide bonds. The maximum Gasteiger partial charge on any atom is 0.324 e. The summed E-state index contributed by atoms with van der Waals surface area (Å²) in [5, 5.41) is 13.1. The Kier molecular flexibility index (Phi) is 7.14. The monoisotopic (exact) mass is 298 g/mol. The van der Waals surface area contributed by atoms with Crippen LogP contribution in [0.1, 0.15) is 59.8 Å². The average molecular weight is 298 g/mol. The lowest BCUT2D eigenvalue weighted by Crippen LogP contribution is -2.57. The lowest BCUT2D eigenvalue weighted by atomic mass is 9.83.